The summed E-state index contributed by atoms with van der Waals surface area (Å²) in [4.78, 5) is 34.9. The van der Waals surface area contributed by atoms with Crippen LogP contribution in [0.1, 0.15) is 53.9 Å². The van der Waals surface area contributed by atoms with Gasteiger partial charge in [-0.1, -0.05) is 62.8 Å². The van der Waals surface area contributed by atoms with Gasteiger partial charge < -0.3 is 19.7 Å². The summed E-state index contributed by atoms with van der Waals surface area (Å²) in [6.07, 6.45) is 10.1. The highest BCUT2D eigenvalue weighted by molar-refractivity contribution is 5.84. The predicted molar refractivity (Wildman–Crippen MR) is 133 cm³/mol. The molecule has 0 aromatic heterocycles. The second kappa shape index (κ2) is 18.0. The van der Waals surface area contributed by atoms with Crippen LogP contribution >= 0.6 is 0 Å². The fraction of sp³-hybridized carbons (Fsp3) is 0.593. The van der Waals surface area contributed by atoms with E-state index in [0.717, 1.165) is 5.57 Å². The maximum Gasteiger partial charge on any atom is 0.293 e. The quantitative estimate of drug-likeness (QED) is 0.134. The number of rotatable bonds is 18. The molecular formula is C27H42O7. The molecule has 0 aliphatic heterocycles. The van der Waals surface area contributed by atoms with Gasteiger partial charge in [0.1, 0.15) is 18.0 Å². The summed E-state index contributed by atoms with van der Waals surface area (Å²) in [6, 6.07) is 0. The van der Waals surface area contributed by atoms with Gasteiger partial charge in [0.05, 0.1) is 6.61 Å². The first kappa shape index (κ1) is 31.6. The van der Waals surface area contributed by atoms with Crippen molar-refractivity contribution < 1.29 is 34.1 Å². The highest BCUT2D eigenvalue weighted by Crippen LogP contribution is 2.18. The van der Waals surface area contributed by atoms with Crippen molar-refractivity contribution in [3.05, 3.63) is 47.6 Å². The third-order valence-electron chi connectivity index (χ3n) is 5.80. The van der Waals surface area contributed by atoms with Crippen molar-refractivity contribution in [2.75, 3.05) is 20.3 Å². The molecule has 0 fully saturated rings. The van der Waals surface area contributed by atoms with E-state index in [9.17, 15) is 19.5 Å². The molecule has 0 unspecified atom stereocenters. The maximum atomic E-state index is 12.7. The van der Waals surface area contributed by atoms with E-state index >= 15 is 0 Å². The highest BCUT2D eigenvalue weighted by atomic mass is 16.5. The zero-order chi connectivity index (χ0) is 26.1. The van der Waals surface area contributed by atoms with Crippen molar-refractivity contribution in [2.45, 2.75) is 66.1 Å². The molecule has 7 nitrogen and oxygen atoms in total. The molecule has 0 aliphatic rings. The number of aliphatic hydroxyl groups is 2. The lowest BCUT2D eigenvalue weighted by Gasteiger charge is -2.22. The zero-order valence-corrected chi connectivity index (χ0v) is 21.4. The first-order valence-corrected chi connectivity index (χ1v) is 11.7. The van der Waals surface area contributed by atoms with Crippen LogP contribution in [0.5, 0.6) is 0 Å². The predicted octanol–water partition coefficient (Wildman–Crippen LogP) is 3.75. The average Bonchev–Trinajstić information content (AvgIpc) is 2.81. The summed E-state index contributed by atoms with van der Waals surface area (Å²) >= 11 is 0. The van der Waals surface area contributed by atoms with Crippen LogP contribution < -0.4 is 0 Å². The standard InChI is InChI=1S/C27H42O7/c1-19(10-8-7-9-11-20(2)23(5)17-28)12-13-25(31)27(33-6)26(32)22(4)16-21(3)24(30)14-15-34-18-29/h7-11,16,18-19,21,23,26-28,32H,12-15,17H2,1-6H3/b9-7+,10-8+,20-11+,22-16+/t19-,21-,23-,26-,27+/m1/s1. The molecule has 5 atom stereocenters. The van der Waals surface area contributed by atoms with Gasteiger partial charge >= 0.3 is 0 Å². The van der Waals surface area contributed by atoms with Gasteiger partial charge in [0.2, 0.25) is 0 Å². The van der Waals surface area contributed by atoms with Gasteiger partial charge in [-0.3, -0.25) is 14.4 Å². The number of carbonyl (C=O) groups excluding carboxylic acids is 3. The van der Waals surface area contributed by atoms with Gasteiger partial charge in [0.25, 0.3) is 6.47 Å². The molecule has 34 heavy (non-hydrogen) atoms. The Hall–Kier alpha value is -2.35. The molecule has 7 heteroatoms. The smallest absolute Gasteiger partial charge is 0.293 e. The van der Waals surface area contributed by atoms with Gasteiger partial charge in [0, 0.05) is 38.4 Å². The molecular weight excluding hydrogens is 436 g/mol. The number of ether oxygens (including phenoxy) is 2. The van der Waals surface area contributed by atoms with Crippen LogP contribution in [0, 0.1) is 17.8 Å². The molecule has 0 bridgehead atoms. The van der Waals surface area contributed by atoms with Crippen molar-refractivity contribution in [3.63, 3.8) is 0 Å². The molecule has 0 radical (unpaired) electrons. The van der Waals surface area contributed by atoms with Crippen molar-refractivity contribution >= 4 is 18.0 Å². The minimum Gasteiger partial charge on any atom is -0.467 e. The lowest BCUT2D eigenvalue weighted by Crippen LogP contribution is -2.37. The van der Waals surface area contributed by atoms with E-state index in [1.165, 1.54) is 7.11 Å². The summed E-state index contributed by atoms with van der Waals surface area (Å²) in [5, 5.41) is 19.8. The highest BCUT2D eigenvalue weighted by Gasteiger charge is 2.28. The van der Waals surface area contributed by atoms with Gasteiger partial charge in [-0.25, -0.2) is 0 Å². The fourth-order valence-electron chi connectivity index (χ4n) is 3.14. The Balaban J connectivity index is 4.79. The molecule has 0 spiro atoms. The average molecular weight is 479 g/mol. The molecule has 0 rings (SSSR count). The van der Waals surface area contributed by atoms with Crippen LogP contribution in [0.15, 0.2) is 47.6 Å². The topological polar surface area (TPSA) is 110 Å². The Morgan fingerprint density at radius 2 is 1.65 bits per heavy atom. The van der Waals surface area contributed by atoms with Gasteiger partial charge in [-0.15, -0.1) is 0 Å². The molecule has 2 N–H and O–H groups in total. The SMILES string of the molecule is CO[C@@H](C(=O)CC[C@H](C)/C=C/C=C/C=C(\C)[C@H](C)CO)[C@H](O)/C(C)=C/[C@@H](C)C(=O)CCOC=O. The van der Waals surface area contributed by atoms with Crippen molar-refractivity contribution in [1.29, 1.82) is 0 Å². The largest absolute Gasteiger partial charge is 0.467 e. The van der Waals surface area contributed by atoms with E-state index in [4.69, 9.17) is 9.84 Å². The van der Waals surface area contributed by atoms with E-state index in [2.05, 4.69) is 4.74 Å². The minimum absolute atomic E-state index is 0.0168. The Kier molecular flexibility index (Phi) is 16.8. The summed E-state index contributed by atoms with van der Waals surface area (Å²) in [5.74, 6) is -0.521. The van der Waals surface area contributed by atoms with E-state index in [1.807, 2.05) is 51.2 Å². The van der Waals surface area contributed by atoms with Gasteiger partial charge in [-0.2, -0.15) is 0 Å². The molecule has 0 saturated carbocycles. The van der Waals surface area contributed by atoms with Gasteiger partial charge in [0.15, 0.2) is 5.78 Å². The number of Topliss-reactive ketones (excluding diaryl/α,β-unsaturated/α-hetero) is 2. The molecule has 0 heterocycles. The van der Waals surface area contributed by atoms with Crippen molar-refractivity contribution in [2.24, 2.45) is 17.8 Å². The Morgan fingerprint density at radius 1 is 0.971 bits per heavy atom. The third-order valence-corrected chi connectivity index (χ3v) is 5.80. The second-order valence-electron chi connectivity index (χ2n) is 8.73. The first-order chi connectivity index (χ1) is 16.1. The number of ketones is 2. The van der Waals surface area contributed by atoms with Crippen LogP contribution in [-0.4, -0.2) is 60.8 Å². The summed E-state index contributed by atoms with van der Waals surface area (Å²) < 4.78 is 9.82. The van der Waals surface area contributed by atoms with Crippen LogP contribution in [0.25, 0.3) is 0 Å². The van der Waals surface area contributed by atoms with Crippen molar-refractivity contribution in [1.82, 2.24) is 0 Å². The third kappa shape index (κ3) is 12.8. The Morgan fingerprint density at radius 3 is 2.24 bits per heavy atom. The zero-order valence-electron chi connectivity index (χ0n) is 21.4. The van der Waals surface area contributed by atoms with Crippen molar-refractivity contribution in [3.8, 4) is 0 Å². The van der Waals surface area contributed by atoms with Crippen LogP contribution in [0.4, 0.5) is 0 Å². The number of hydrogen-bond acceptors (Lipinski definition) is 7. The van der Waals surface area contributed by atoms with Crippen LogP contribution in [0.2, 0.25) is 0 Å². The number of carbonyl (C=O) groups is 3. The number of aliphatic hydroxyl groups excluding tert-OH is 2. The van der Waals surface area contributed by atoms with Crippen LogP contribution in [-0.2, 0) is 23.9 Å². The normalized spacial score (nSPS) is 17.4. The molecule has 0 aromatic carbocycles. The lowest BCUT2D eigenvalue weighted by atomic mass is 9.93. The fourth-order valence-corrected chi connectivity index (χ4v) is 3.14. The van der Waals surface area contributed by atoms with E-state index in [1.54, 1.807) is 19.9 Å². The van der Waals surface area contributed by atoms with Gasteiger partial charge in [-0.05, 0) is 31.8 Å². The van der Waals surface area contributed by atoms with E-state index in [-0.39, 0.29) is 49.5 Å². The Labute approximate surface area is 204 Å². The maximum absolute atomic E-state index is 12.7. The minimum atomic E-state index is -1.15. The summed E-state index contributed by atoms with van der Waals surface area (Å²) in [6.45, 7) is 9.73. The lowest BCUT2D eigenvalue weighted by molar-refractivity contribution is -0.134. The monoisotopic (exact) mass is 478 g/mol. The summed E-state index contributed by atoms with van der Waals surface area (Å²) in [7, 11) is 1.38. The number of allylic oxidation sites excluding steroid dienone is 6. The first-order valence-electron chi connectivity index (χ1n) is 11.7. The number of hydrogen-bond donors (Lipinski definition) is 2. The second-order valence-corrected chi connectivity index (χ2v) is 8.73. The Bertz CT molecular complexity index is 748. The molecule has 0 saturated heterocycles. The van der Waals surface area contributed by atoms with Crippen LogP contribution in [0.3, 0.4) is 0 Å². The van der Waals surface area contributed by atoms with E-state index < -0.39 is 18.1 Å². The number of methoxy groups -OCH3 is 1. The molecule has 0 aliphatic carbocycles. The van der Waals surface area contributed by atoms with E-state index in [0.29, 0.717) is 18.5 Å². The molecule has 192 valence electrons. The summed E-state index contributed by atoms with van der Waals surface area (Å²) in [5.41, 5.74) is 1.58. The molecule has 0 aromatic rings. The molecule has 0 amide bonds.